The fourth-order valence-electron chi connectivity index (χ4n) is 2.40. The molecule has 126 valence electrons. The molecule has 0 fully saturated rings. The molecule has 0 atom stereocenters. The minimum atomic E-state index is 0.551. The van der Waals surface area contributed by atoms with E-state index in [1.807, 2.05) is 48.7 Å². The highest BCUT2D eigenvalue weighted by Crippen LogP contribution is 2.27. The Hall–Kier alpha value is -2.39. The van der Waals surface area contributed by atoms with Gasteiger partial charge in [-0.1, -0.05) is 36.4 Å². The summed E-state index contributed by atoms with van der Waals surface area (Å²) in [5, 5.41) is 0. The number of nitrogens with zero attached hydrogens (tertiary/aromatic N) is 1. The summed E-state index contributed by atoms with van der Waals surface area (Å²) in [5.74, 6) is 0.826. The number of aryl methyl sites for hydroxylation is 2. The lowest BCUT2D eigenvalue weighted by Gasteiger charge is -2.09. The van der Waals surface area contributed by atoms with Crippen LogP contribution in [0.25, 0.3) is 0 Å². The van der Waals surface area contributed by atoms with E-state index in [1.54, 1.807) is 0 Å². The lowest BCUT2D eigenvalue weighted by atomic mass is 10.1. The van der Waals surface area contributed by atoms with Gasteiger partial charge in [0, 0.05) is 6.21 Å². The first-order valence-corrected chi connectivity index (χ1v) is 8.99. The maximum absolute atomic E-state index is 5.88. The Kier molecular flexibility index (Phi) is 5.67. The normalized spacial score (nSPS) is 11.0. The Morgan fingerprint density at radius 1 is 0.920 bits per heavy atom. The number of aliphatic imine (C=N–C) groups is 1. The molecule has 0 radical (unpaired) electrons. The molecule has 0 aliphatic carbocycles. The van der Waals surface area contributed by atoms with Crippen LogP contribution in [0.2, 0.25) is 0 Å². The standard InChI is InChI=1S/C22H20BrNO/c1-16-8-10-20(12-17(16)2)24-14-19-9-11-22(21(23)13-19)25-15-18-6-4-3-5-7-18/h3-14H,15H2,1-2H3. The third kappa shape index (κ3) is 4.80. The third-order valence-corrected chi connectivity index (χ3v) is 4.67. The molecule has 3 aromatic carbocycles. The van der Waals surface area contributed by atoms with Crippen molar-refractivity contribution in [3.05, 3.63) is 93.5 Å². The number of rotatable bonds is 5. The molecule has 0 amide bonds. The van der Waals surface area contributed by atoms with Gasteiger partial charge in [-0.3, -0.25) is 4.99 Å². The molecule has 0 heterocycles. The Morgan fingerprint density at radius 2 is 1.72 bits per heavy atom. The fourth-order valence-corrected chi connectivity index (χ4v) is 2.92. The zero-order valence-corrected chi connectivity index (χ0v) is 16.0. The fraction of sp³-hybridized carbons (Fsp3) is 0.136. The maximum Gasteiger partial charge on any atom is 0.134 e. The van der Waals surface area contributed by atoms with Crippen molar-refractivity contribution in [2.24, 2.45) is 4.99 Å². The summed E-state index contributed by atoms with van der Waals surface area (Å²) >= 11 is 3.58. The van der Waals surface area contributed by atoms with E-state index in [4.69, 9.17) is 4.74 Å². The van der Waals surface area contributed by atoms with Gasteiger partial charge in [-0.15, -0.1) is 0 Å². The van der Waals surface area contributed by atoms with Crippen molar-refractivity contribution < 1.29 is 4.74 Å². The molecule has 0 aromatic heterocycles. The molecule has 3 rings (SSSR count). The topological polar surface area (TPSA) is 21.6 Å². The highest BCUT2D eigenvalue weighted by Gasteiger charge is 2.03. The van der Waals surface area contributed by atoms with Crippen LogP contribution in [0.15, 0.2) is 76.2 Å². The van der Waals surface area contributed by atoms with Crippen molar-refractivity contribution in [3.63, 3.8) is 0 Å². The molecule has 0 unspecified atom stereocenters. The van der Waals surface area contributed by atoms with Gasteiger partial charge in [0.15, 0.2) is 0 Å². The number of halogens is 1. The molecule has 0 bridgehead atoms. The molecule has 3 aromatic rings. The monoisotopic (exact) mass is 393 g/mol. The van der Waals surface area contributed by atoms with Gasteiger partial charge < -0.3 is 4.74 Å². The van der Waals surface area contributed by atoms with Crippen molar-refractivity contribution in [1.29, 1.82) is 0 Å². The molecule has 0 saturated carbocycles. The van der Waals surface area contributed by atoms with Gasteiger partial charge in [0.25, 0.3) is 0 Å². The SMILES string of the molecule is Cc1ccc(N=Cc2ccc(OCc3ccccc3)c(Br)c2)cc1C. The summed E-state index contributed by atoms with van der Waals surface area (Å²) in [7, 11) is 0. The molecule has 0 aliphatic heterocycles. The summed E-state index contributed by atoms with van der Waals surface area (Å²) in [6.07, 6.45) is 1.87. The highest BCUT2D eigenvalue weighted by molar-refractivity contribution is 9.10. The Balaban J connectivity index is 1.68. The molecular formula is C22H20BrNO. The lowest BCUT2D eigenvalue weighted by Crippen LogP contribution is -1.96. The Bertz CT molecular complexity index is 888. The minimum Gasteiger partial charge on any atom is -0.488 e. The van der Waals surface area contributed by atoms with Crippen LogP contribution in [-0.4, -0.2) is 6.21 Å². The van der Waals surface area contributed by atoms with Gasteiger partial charge in [0.05, 0.1) is 10.2 Å². The van der Waals surface area contributed by atoms with E-state index in [2.05, 4.69) is 59.0 Å². The first-order valence-electron chi connectivity index (χ1n) is 8.19. The van der Waals surface area contributed by atoms with Crippen LogP contribution < -0.4 is 4.74 Å². The van der Waals surface area contributed by atoms with E-state index < -0.39 is 0 Å². The largest absolute Gasteiger partial charge is 0.488 e. The van der Waals surface area contributed by atoms with Crippen molar-refractivity contribution >= 4 is 27.8 Å². The van der Waals surface area contributed by atoms with Gasteiger partial charge in [-0.25, -0.2) is 0 Å². The highest BCUT2D eigenvalue weighted by atomic mass is 79.9. The van der Waals surface area contributed by atoms with E-state index >= 15 is 0 Å². The van der Waals surface area contributed by atoms with Crippen molar-refractivity contribution in [2.75, 3.05) is 0 Å². The van der Waals surface area contributed by atoms with Gasteiger partial charge >= 0.3 is 0 Å². The van der Waals surface area contributed by atoms with E-state index in [0.717, 1.165) is 27.0 Å². The van der Waals surface area contributed by atoms with Crippen molar-refractivity contribution in [2.45, 2.75) is 20.5 Å². The Morgan fingerprint density at radius 3 is 2.44 bits per heavy atom. The molecule has 25 heavy (non-hydrogen) atoms. The second kappa shape index (κ2) is 8.13. The summed E-state index contributed by atoms with van der Waals surface area (Å²) in [6, 6.07) is 22.4. The van der Waals surface area contributed by atoms with Crippen LogP contribution in [0.4, 0.5) is 5.69 Å². The number of hydrogen-bond acceptors (Lipinski definition) is 2. The predicted octanol–water partition coefficient (Wildman–Crippen LogP) is 6.40. The zero-order valence-electron chi connectivity index (χ0n) is 14.4. The first-order chi connectivity index (χ1) is 12.1. The van der Waals surface area contributed by atoms with Crippen LogP contribution in [0, 0.1) is 13.8 Å². The smallest absolute Gasteiger partial charge is 0.134 e. The molecule has 3 heteroatoms. The number of ether oxygens (including phenoxy) is 1. The maximum atomic E-state index is 5.88. The summed E-state index contributed by atoms with van der Waals surface area (Å²) in [4.78, 5) is 4.56. The van der Waals surface area contributed by atoms with E-state index in [9.17, 15) is 0 Å². The number of hydrogen-bond donors (Lipinski definition) is 0. The predicted molar refractivity (Wildman–Crippen MR) is 108 cm³/mol. The van der Waals surface area contributed by atoms with Crippen LogP contribution >= 0.6 is 15.9 Å². The second-order valence-electron chi connectivity index (χ2n) is 5.99. The summed E-state index contributed by atoms with van der Waals surface area (Å²) < 4.78 is 6.80. The summed E-state index contributed by atoms with van der Waals surface area (Å²) in [5.41, 5.74) is 5.66. The van der Waals surface area contributed by atoms with E-state index in [-0.39, 0.29) is 0 Å². The van der Waals surface area contributed by atoms with Gasteiger partial charge in [-0.05, 0) is 82.4 Å². The van der Waals surface area contributed by atoms with Crippen LogP contribution in [0.3, 0.4) is 0 Å². The van der Waals surface area contributed by atoms with Gasteiger partial charge in [0.2, 0.25) is 0 Å². The molecule has 0 saturated heterocycles. The third-order valence-electron chi connectivity index (χ3n) is 4.05. The molecule has 0 aliphatic rings. The summed E-state index contributed by atoms with van der Waals surface area (Å²) in [6.45, 7) is 4.76. The van der Waals surface area contributed by atoms with Crippen LogP contribution in [-0.2, 0) is 6.61 Å². The van der Waals surface area contributed by atoms with E-state index in [1.165, 1.54) is 11.1 Å². The number of benzene rings is 3. The lowest BCUT2D eigenvalue weighted by molar-refractivity contribution is 0.304. The molecular weight excluding hydrogens is 374 g/mol. The Labute approximate surface area is 157 Å². The average molecular weight is 394 g/mol. The van der Waals surface area contributed by atoms with Gasteiger partial charge in [-0.2, -0.15) is 0 Å². The molecule has 2 nitrogen and oxygen atoms in total. The van der Waals surface area contributed by atoms with Crippen LogP contribution in [0.5, 0.6) is 5.75 Å². The van der Waals surface area contributed by atoms with Crippen molar-refractivity contribution in [3.8, 4) is 5.75 Å². The first kappa shape index (κ1) is 17.4. The van der Waals surface area contributed by atoms with Gasteiger partial charge in [0.1, 0.15) is 12.4 Å². The quantitative estimate of drug-likeness (QED) is 0.459. The second-order valence-corrected chi connectivity index (χ2v) is 6.85. The average Bonchev–Trinajstić information content (AvgIpc) is 2.63. The van der Waals surface area contributed by atoms with Crippen LogP contribution in [0.1, 0.15) is 22.3 Å². The van der Waals surface area contributed by atoms with Crippen molar-refractivity contribution in [1.82, 2.24) is 0 Å². The molecule has 0 spiro atoms. The zero-order chi connectivity index (χ0) is 17.6. The molecule has 0 N–H and O–H groups in total. The minimum absolute atomic E-state index is 0.551. The van der Waals surface area contributed by atoms with E-state index in [0.29, 0.717) is 6.61 Å².